The van der Waals surface area contributed by atoms with Crippen molar-refractivity contribution in [3.05, 3.63) is 24.9 Å². The SMILES string of the molecule is CC(C)n1cnc(S(=O)(=O)NCCNc2cc(N3CCOCC3)ncn2)c1. The predicted molar refractivity (Wildman–Crippen MR) is 101 cm³/mol. The van der Waals surface area contributed by atoms with E-state index in [1.807, 2.05) is 19.9 Å². The molecule has 2 N–H and O–H groups in total. The van der Waals surface area contributed by atoms with Gasteiger partial charge in [0.25, 0.3) is 10.0 Å². The van der Waals surface area contributed by atoms with E-state index >= 15 is 0 Å². The molecule has 0 aromatic carbocycles. The predicted octanol–water partition coefficient (Wildman–Crippen LogP) is 0.481. The van der Waals surface area contributed by atoms with Crippen molar-refractivity contribution in [3.8, 4) is 0 Å². The van der Waals surface area contributed by atoms with Crippen LogP contribution in [0.1, 0.15) is 19.9 Å². The van der Waals surface area contributed by atoms with Crippen LogP contribution in [0.25, 0.3) is 0 Å². The quantitative estimate of drug-likeness (QED) is 0.621. The molecule has 2 aromatic rings. The van der Waals surface area contributed by atoms with Crippen LogP contribution in [0.15, 0.2) is 29.9 Å². The third kappa shape index (κ3) is 5.15. The topological polar surface area (TPSA) is 114 Å². The lowest BCUT2D eigenvalue weighted by Gasteiger charge is -2.27. The van der Waals surface area contributed by atoms with E-state index < -0.39 is 10.0 Å². The smallest absolute Gasteiger partial charge is 0.259 e. The van der Waals surface area contributed by atoms with E-state index in [9.17, 15) is 8.42 Å². The van der Waals surface area contributed by atoms with Gasteiger partial charge in [-0.25, -0.2) is 28.1 Å². The normalized spacial score (nSPS) is 15.3. The number of rotatable bonds is 8. The first kappa shape index (κ1) is 19.5. The molecule has 0 saturated carbocycles. The molecule has 0 bridgehead atoms. The molecule has 1 aliphatic rings. The van der Waals surface area contributed by atoms with E-state index in [0.717, 1.165) is 18.9 Å². The zero-order valence-electron chi connectivity index (χ0n) is 15.5. The van der Waals surface area contributed by atoms with Crippen LogP contribution in [0.4, 0.5) is 11.6 Å². The summed E-state index contributed by atoms with van der Waals surface area (Å²) in [6, 6.07) is 2.01. The molecule has 1 fully saturated rings. The first-order valence-corrected chi connectivity index (χ1v) is 10.4. The maximum atomic E-state index is 12.3. The zero-order chi connectivity index (χ0) is 19.3. The van der Waals surface area contributed by atoms with E-state index in [1.165, 1.54) is 18.9 Å². The Hall–Kier alpha value is -2.24. The fourth-order valence-electron chi connectivity index (χ4n) is 2.60. The molecule has 0 spiro atoms. The van der Waals surface area contributed by atoms with E-state index in [-0.39, 0.29) is 17.6 Å². The number of morpholine rings is 1. The fourth-order valence-corrected chi connectivity index (χ4v) is 3.56. The van der Waals surface area contributed by atoms with Crippen LogP contribution in [0.2, 0.25) is 0 Å². The average Bonchev–Trinajstić information content (AvgIpc) is 3.18. The van der Waals surface area contributed by atoms with Gasteiger partial charge in [0.1, 0.15) is 18.0 Å². The molecule has 0 aliphatic carbocycles. The first-order valence-electron chi connectivity index (χ1n) is 8.87. The van der Waals surface area contributed by atoms with E-state index in [2.05, 4.69) is 29.9 Å². The van der Waals surface area contributed by atoms with Crippen molar-refractivity contribution in [3.63, 3.8) is 0 Å². The van der Waals surface area contributed by atoms with Gasteiger partial charge in [0.05, 0.1) is 19.5 Å². The Morgan fingerprint density at radius 2 is 1.96 bits per heavy atom. The van der Waals surface area contributed by atoms with Crippen molar-refractivity contribution in [2.24, 2.45) is 0 Å². The zero-order valence-corrected chi connectivity index (χ0v) is 16.3. The molecule has 0 radical (unpaired) electrons. The fraction of sp³-hybridized carbons (Fsp3) is 0.562. The van der Waals surface area contributed by atoms with Gasteiger partial charge in [0.15, 0.2) is 5.03 Å². The number of hydrogen-bond acceptors (Lipinski definition) is 8. The number of anilines is 2. The Labute approximate surface area is 159 Å². The summed E-state index contributed by atoms with van der Waals surface area (Å²) in [5.41, 5.74) is 0. The Morgan fingerprint density at radius 1 is 1.19 bits per heavy atom. The van der Waals surface area contributed by atoms with Gasteiger partial charge in [-0.2, -0.15) is 0 Å². The summed E-state index contributed by atoms with van der Waals surface area (Å²) >= 11 is 0. The third-order valence-electron chi connectivity index (χ3n) is 4.16. The van der Waals surface area contributed by atoms with Crippen LogP contribution < -0.4 is 14.9 Å². The summed E-state index contributed by atoms with van der Waals surface area (Å²) in [6.45, 7) is 7.48. The highest BCUT2D eigenvalue weighted by molar-refractivity contribution is 7.89. The largest absolute Gasteiger partial charge is 0.378 e. The van der Waals surface area contributed by atoms with E-state index in [4.69, 9.17) is 4.74 Å². The second kappa shape index (κ2) is 8.63. The molecular weight excluding hydrogens is 370 g/mol. The molecule has 3 rings (SSSR count). The summed E-state index contributed by atoms with van der Waals surface area (Å²) in [6.07, 6.45) is 4.54. The number of aromatic nitrogens is 4. The van der Waals surface area contributed by atoms with Crippen molar-refractivity contribution >= 4 is 21.7 Å². The maximum Gasteiger partial charge on any atom is 0.259 e. The molecule has 1 aliphatic heterocycles. The molecular formula is C16H25N7O3S. The number of nitrogens with zero attached hydrogens (tertiary/aromatic N) is 5. The van der Waals surface area contributed by atoms with Crippen molar-refractivity contribution in [1.82, 2.24) is 24.2 Å². The molecule has 0 amide bonds. The summed E-state index contributed by atoms with van der Waals surface area (Å²) in [4.78, 5) is 14.6. The van der Waals surface area contributed by atoms with Crippen LogP contribution >= 0.6 is 0 Å². The van der Waals surface area contributed by atoms with Crippen molar-refractivity contribution < 1.29 is 13.2 Å². The van der Waals surface area contributed by atoms with E-state index in [1.54, 1.807) is 4.57 Å². The average molecular weight is 395 g/mol. The van der Waals surface area contributed by atoms with Gasteiger partial charge in [-0.05, 0) is 13.8 Å². The van der Waals surface area contributed by atoms with Crippen molar-refractivity contribution in [2.75, 3.05) is 49.6 Å². The number of sulfonamides is 1. The van der Waals surface area contributed by atoms with Gasteiger partial charge in [0.2, 0.25) is 0 Å². The summed E-state index contributed by atoms with van der Waals surface area (Å²) < 4.78 is 34.2. The lowest BCUT2D eigenvalue weighted by Crippen LogP contribution is -2.36. The van der Waals surface area contributed by atoms with Crippen LogP contribution in [-0.4, -0.2) is 67.3 Å². The summed E-state index contributed by atoms with van der Waals surface area (Å²) in [5, 5.41) is 3.13. The minimum absolute atomic E-state index is 0.0211. The lowest BCUT2D eigenvalue weighted by molar-refractivity contribution is 0.122. The number of imidazole rings is 1. The van der Waals surface area contributed by atoms with Gasteiger partial charge in [0, 0.05) is 44.5 Å². The Morgan fingerprint density at radius 3 is 2.67 bits per heavy atom. The van der Waals surface area contributed by atoms with Crippen LogP contribution in [0, 0.1) is 0 Å². The Balaban J connectivity index is 1.50. The monoisotopic (exact) mass is 395 g/mol. The third-order valence-corrected chi connectivity index (χ3v) is 5.51. The molecule has 2 aromatic heterocycles. The van der Waals surface area contributed by atoms with Crippen LogP contribution in [0.3, 0.4) is 0 Å². The van der Waals surface area contributed by atoms with Crippen molar-refractivity contribution in [2.45, 2.75) is 24.9 Å². The number of ether oxygens (including phenoxy) is 1. The second-order valence-electron chi connectivity index (χ2n) is 6.44. The molecule has 1 saturated heterocycles. The Bertz CT molecular complexity index is 847. The standard InChI is InChI=1S/C16H25N7O3S/c1-13(2)23-10-16(20-12-23)27(24,25)21-4-3-17-14-9-15(19-11-18-14)22-5-7-26-8-6-22/h9-13,21H,3-8H2,1-2H3,(H,17,18,19). The summed E-state index contributed by atoms with van der Waals surface area (Å²) in [7, 11) is -3.63. The van der Waals surface area contributed by atoms with Gasteiger partial charge in [-0.1, -0.05) is 0 Å². The highest BCUT2D eigenvalue weighted by Crippen LogP contribution is 2.15. The second-order valence-corrected chi connectivity index (χ2v) is 8.15. The van der Waals surface area contributed by atoms with E-state index in [0.29, 0.717) is 25.6 Å². The summed E-state index contributed by atoms with van der Waals surface area (Å²) in [5.74, 6) is 1.48. The van der Waals surface area contributed by atoms with Crippen LogP contribution in [0.5, 0.6) is 0 Å². The highest BCUT2D eigenvalue weighted by atomic mass is 32.2. The molecule has 11 heteroatoms. The highest BCUT2D eigenvalue weighted by Gasteiger charge is 2.17. The first-order chi connectivity index (χ1) is 13.0. The molecule has 0 unspecified atom stereocenters. The van der Waals surface area contributed by atoms with Gasteiger partial charge in [-0.3, -0.25) is 0 Å². The van der Waals surface area contributed by atoms with Crippen molar-refractivity contribution in [1.29, 1.82) is 0 Å². The Kier molecular flexibility index (Phi) is 6.24. The molecule has 0 atom stereocenters. The molecule has 3 heterocycles. The molecule has 27 heavy (non-hydrogen) atoms. The van der Waals surface area contributed by atoms with Gasteiger partial charge in [-0.15, -0.1) is 0 Å². The van der Waals surface area contributed by atoms with Gasteiger partial charge < -0.3 is 19.5 Å². The maximum absolute atomic E-state index is 12.3. The minimum Gasteiger partial charge on any atom is -0.378 e. The minimum atomic E-state index is -3.63. The molecule has 148 valence electrons. The lowest BCUT2D eigenvalue weighted by atomic mass is 10.4. The number of nitrogens with one attached hydrogen (secondary N) is 2. The molecule has 10 nitrogen and oxygen atoms in total. The number of hydrogen-bond donors (Lipinski definition) is 2. The van der Waals surface area contributed by atoms with Crippen LogP contribution in [-0.2, 0) is 14.8 Å². The van der Waals surface area contributed by atoms with Gasteiger partial charge >= 0.3 is 0 Å².